The van der Waals surface area contributed by atoms with Gasteiger partial charge in [0.2, 0.25) is 0 Å². The number of carbonyl (C=O) groups excluding carboxylic acids is 2. The molecule has 5 nitrogen and oxygen atoms in total. The van der Waals surface area contributed by atoms with Gasteiger partial charge in [0.05, 0.1) is 35.4 Å². The number of benzene rings is 1. The maximum Gasteiger partial charge on any atom is 0.313 e. The van der Waals surface area contributed by atoms with Crippen molar-refractivity contribution in [2.75, 3.05) is 6.61 Å². The highest BCUT2D eigenvalue weighted by molar-refractivity contribution is 6.08. The zero-order valence-electron chi connectivity index (χ0n) is 9.77. The Kier molecular flexibility index (Phi) is 4.59. The van der Waals surface area contributed by atoms with Crippen LogP contribution in [-0.4, -0.2) is 18.4 Å². The van der Waals surface area contributed by atoms with Crippen molar-refractivity contribution in [1.29, 1.82) is 10.5 Å². The fourth-order valence-electron chi connectivity index (χ4n) is 1.47. The van der Waals surface area contributed by atoms with Crippen LogP contribution in [0.2, 0.25) is 0 Å². The molecule has 0 heterocycles. The molecule has 1 aromatic rings. The Morgan fingerprint density at radius 1 is 1.22 bits per heavy atom. The monoisotopic (exact) mass is 242 g/mol. The van der Waals surface area contributed by atoms with Crippen molar-refractivity contribution < 1.29 is 14.3 Å². The van der Waals surface area contributed by atoms with E-state index in [4.69, 9.17) is 10.5 Å². The lowest BCUT2D eigenvalue weighted by molar-refractivity contribution is -0.141. The van der Waals surface area contributed by atoms with E-state index >= 15 is 0 Å². The highest BCUT2D eigenvalue weighted by Crippen LogP contribution is 2.16. The summed E-state index contributed by atoms with van der Waals surface area (Å²) in [5.41, 5.74) is 0.155. The van der Waals surface area contributed by atoms with Crippen LogP contribution in [0.5, 0.6) is 0 Å². The van der Waals surface area contributed by atoms with Crippen molar-refractivity contribution in [3.8, 4) is 12.1 Å². The molecule has 5 heteroatoms. The van der Waals surface area contributed by atoms with Crippen LogP contribution >= 0.6 is 0 Å². The summed E-state index contributed by atoms with van der Waals surface area (Å²) in [6.07, 6.45) is -0.471. The van der Waals surface area contributed by atoms with Crippen molar-refractivity contribution in [2.24, 2.45) is 0 Å². The Morgan fingerprint density at radius 3 is 2.22 bits per heavy atom. The van der Waals surface area contributed by atoms with Gasteiger partial charge in [-0.1, -0.05) is 6.07 Å². The molecule has 0 N–H and O–H groups in total. The number of nitrogens with zero attached hydrogens (tertiary/aromatic N) is 2. The molecule has 0 spiro atoms. The van der Waals surface area contributed by atoms with Gasteiger partial charge >= 0.3 is 5.97 Å². The van der Waals surface area contributed by atoms with Gasteiger partial charge in [-0.3, -0.25) is 9.59 Å². The minimum absolute atomic E-state index is 0.0180. The number of ether oxygens (including phenoxy) is 1. The van der Waals surface area contributed by atoms with E-state index in [1.54, 1.807) is 6.92 Å². The van der Waals surface area contributed by atoms with Crippen LogP contribution in [0.3, 0.4) is 0 Å². The smallest absolute Gasteiger partial charge is 0.313 e. The second kappa shape index (κ2) is 6.17. The van der Waals surface area contributed by atoms with Crippen LogP contribution in [0, 0.1) is 22.7 Å². The fraction of sp³-hybridized carbons (Fsp3) is 0.231. The zero-order valence-corrected chi connectivity index (χ0v) is 9.77. The van der Waals surface area contributed by atoms with E-state index < -0.39 is 18.2 Å². The molecule has 0 aromatic heterocycles. The molecule has 0 aliphatic rings. The van der Waals surface area contributed by atoms with E-state index in [0.717, 1.165) is 0 Å². The molecule has 0 saturated carbocycles. The van der Waals surface area contributed by atoms with Crippen LogP contribution < -0.4 is 0 Å². The number of ketones is 1. The number of carbonyl (C=O) groups is 2. The van der Waals surface area contributed by atoms with E-state index in [1.807, 2.05) is 12.1 Å². The van der Waals surface area contributed by atoms with E-state index in [9.17, 15) is 9.59 Å². The fourth-order valence-corrected chi connectivity index (χ4v) is 1.47. The summed E-state index contributed by atoms with van der Waals surface area (Å²) in [6, 6.07) is 8.04. The largest absolute Gasteiger partial charge is 0.466 e. The molecule has 1 aromatic carbocycles. The van der Waals surface area contributed by atoms with Gasteiger partial charge in [-0.05, 0) is 19.1 Å². The van der Waals surface area contributed by atoms with Gasteiger partial charge in [0, 0.05) is 0 Å². The molecule has 18 heavy (non-hydrogen) atoms. The second-order valence-corrected chi connectivity index (χ2v) is 3.36. The first kappa shape index (κ1) is 13.4. The lowest BCUT2D eigenvalue weighted by Gasteiger charge is -2.05. The summed E-state index contributed by atoms with van der Waals surface area (Å²) in [4.78, 5) is 23.1. The molecular weight excluding hydrogens is 232 g/mol. The number of hydrogen-bond acceptors (Lipinski definition) is 5. The summed E-state index contributed by atoms with van der Waals surface area (Å²) < 4.78 is 4.66. The average molecular weight is 242 g/mol. The second-order valence-electron chi connectivity index (χ2n) is 3.36. The molecule has 0 aliphatic carbocycles. The summed E-state index contributed by atoms with van der Waals surface area (Å²) >= 11 is 0. The van der Waals surface area contributed by atoms with Gasteiger partial charge in [-0.25, -0.2) is 0 Å². The molecule has 0 radical (unpaired) electrons. The Hall–Kier alpha value is -2.66. The van der Waals surface area contributed by atoms with Crippen molar-refractivity contribution in [2.45, 2.75) is 13.3 Å². The van der Waals surface area contributed by atoms with Crippen LogP contribution in [0.25, 0.3) is 0 Å². The summed E-state index contributed by atoms with van der Waals surface area (Å²) in [6.45, 7) is 1.81. The topological polar surface area (TPSA) is 90.9 Å². The molecule has 0 atom stereocenters. The Balaban J connectivity index is 3.10. The first-order valence-corrected chi connectivity index (χ1v) is 5.26. The van der Waals surface area contributed by atoms with Crippen molar-refractivity contribution in [1.82, 2.24) is 0 Å². The minimum atomic E-state index is -0.667. The normalized spacial score (nSPS) is 9.06. The quantitative estimate of drug-likeness (QED) is 0.454. The lowest BCUT2D eigenvalue weighted by atomic mass is 9.97. The predicted octanol–water partition coefficient (Wildman–Crippen LogP) is 1.57. The predicted molar refractivity (Wildman–Crippen MR) is 61.5 cm³/mol. The summed E-state index contributed by atoms with van der Waals surface area (Å²) in [7, 11) is 0. The van der Waals surface area contributed by atoms with Gasteiger partial charge in [0.25, 0.3) is 0 Å². The molecule has 0 saturated heterocycles. The first-order valence-electron chi connectivity index (χ1n) is 5.26. The molecule has 0 aliphatic heterocycles. The van der Waals surface area contributed by atoms with Crippen molar-refractivity contribution >= 4 is 11.8 Å². The standard InChI is InChI=1S/C13H10N2O3/c1-2-18-12(17)6-11(16)13-9(7-14)4-3-5-10(13)8-15/h3-5H,2,6H2,1H3. The Labute approximate surface area is 104 Å². The Bertz CT molecular complexity index is 532. The molecule has 0 bridgehead atoms. The number of esters is 1. The van der Waals surface area contributed by atoms with Gasteiger partial charge in [-0.15, -0.1) is 0 Å². The molecule has 0 unspecified atom stereocenters. The molecule has 0 fully saturated rings. The zero-order chi connectivity index (χ0) is 13.5. The van der Waals surface area contributed by atoms with Crippen LogP contribution in [0.1, 0.15) is 34.8 Å². The lowest BCUT2D eigenvalue weighted by Crippen LogP contribution is -2.13. The maximum absolute atomic E-state index is 11.9. The van der Waals surface area contributed by atoms with Crippen molar-refractivity contribution in [3.05, 3.63) is 34.9 Å². The third kappa shape index (κ3) is 2.93. The highest BCUT2D eigenvalue weighted by Gasteiger charge is 2.19. The van der Waals surface area contributed by atoms with E-state index in [2.05, 4.69) is 4.74 Å². The third-order valence-corrected chi connectivity index (χ3v) is 2.19. The van der Waals surface area contributed by atoms with Crippen LogP contribution in [0.15, 0.2) is 18.2 Å². The van der Waals surface area contributed by atoms with Crippen molar-refractivity contribution in [3.63, 3.8) is 0 Å². The van der Waals surface area contributed by atoms with Gasteiger partial charge in [0.1, 0.15) is 6.42 Å². The van der Waals surface area contributed by atoms with Gasteiger partial charge < -0.3 is 4.74 Å². The van der Waals surface area contributed by atoms with Gasteiger partial charge in [0.15, 0.2) is 5.78 Å². The van der Waals surface area contributed by atoms with E-state index in [0.29, 0.717) is 0 Å². The third-order valence-electron chi connectivity index (χ3n) is 2.19. The van der Waals surface area contributed by atoms with Gasteiger partial charge in [-0.2, -0.15) is 10.5 Å². The number of rotatable bonds is 4. The molecule has 0 amide bonds. The molecule has 1 rings (SSSR count). The number of Topliss-reactive ketones (excluding diaryl/α,β-unsaturated/α-hetero) is 1. The Morgan fingerprint density at radius 2 is 1.78 bits per heavy atom. The van der Waals surface area contributed by atoms with E-state index in [1.165, 1.54) is 18.2 Å². The molecular formula is C13H10N2O3. The maximum atomic E-state index is 11.9. The SMILES string of the molecule is CCOC(=O)CC(=O)c1c(C#N)cccc1C#N. The summed E-state index contributed by atoms with van der Waals surface area (Å²) in [5, 5.41) is 17.8. The molecule has 90 valence electrons. The number of hydrogen-bond donors (Lipinski definition) is 0. The first-order chi connectivity index (χ1) is 8.63. The number of nitriles is 2. The van der Waals surface area contributed by atoms with Crippen LogP contribution in [-0.2, 0) is 9.53 Å². The minimum Gasteiger partial charge on any atom is -0.466 e. The van der Waals surface area contributed by atoms with E-state index in [-0.39, 0.29) is 23.3 Å². The average Bonchev–Trinajstić information content (AvgIpc) is 2.37. The highest BCUT2D eigenvalue weighted by atomic mass is 16.5. The summed E-state index contributed by atoms with van der Waals surface area (Å²) in [5.74, 6) is -1.25. The van der Waals surface area contributed by atoms with Crippen LogP contribution in [0.4, 0.5) is 0 Å².